The molecule has 2 aromatic carbocycles. The number of carbonyl (C=O) groups excluding carboxylic acids is 2. The number of ether oxygens (including phenoxy) is 1. The molecular formula is C23H20FN3O3S. The number of fused-ring (bicyclic) bond motifs is 1. The van der Waals surface area contributed by atoms with Gasteiger partial charge in [-0.1, -0.05) is 35.9 Å². The smallest absolute Gasteiger partial charge is 0.348 e. The van der Waals surface area contributed by atoms with Crippen LogP contribution in [-0.4, -0.2) is 28.3 Å². The first-order valence-electron chi connectivity index (χ1n) is 9.64. The Morgan fingerprint density at radius 1 is 1.13 bits per heavy atom. The molecule has 31 heavy (non-hydrogen) atoms. The SMILES string of the molecule is Cc1ccc(Cn2nc(C)c3cc(C(=O)OCC(=O)Nc4cccc(F)c4)sc32)cc1. The fourth-order valence-electron chi connectivity index (χ4n) is 3.15. The molecule has 0 aliphatic rings. The second kappa shape index (κ2) is 8.69. The molecule has 4 aromatic rings. The number of amides is 1. The maximum Gasteiger partial charge on any atom is 0.348 e. The molecule has 0 saturated carbocycles. The van der Waals surface area contributed by atoms with Gasteiger partial charge in [0.15, 0.2) is 6.61 Å². The molecule has 0 unspecified atom stereocenters. The molecular weight excluding hydrogens is 417 g/mol. The number of nitrogens with zero attached hydrogens (tertiary/aromatic N) is 2. The average molecular weight is 437 g/mol. The number of thiophene rings is 1. The highest BCUT2D eigenvalue weighted by Crippen LogP contribution is 2.29. The van der Waals surface area contributed by atoms with Crippen molar-refractivity contribution in [2.45, 2.75) is 20.4 Å². The third-order valence-corrected chi connectivity index (χ3v) is 5.83. The van der Waals surface area contributed by atoms with Crippen LogP contribution in [0.5, 0.6) is 0 Å². The van der Waals surface area contributed by atoms with Crippen LogP contribution in [0.15, 0.2) is 54.6 Å². The first kappa shape index (κ1) is 20.7. The number of aryl methyl sites for hydroxylation is 2. The summed E-state index contributed by atoms with van der Waals surface area (Å²) in [7, 11) is 0. The van der Waals surface area contributed by atoms with Gasteiger partial charge in [0.2, 0.25) is 0 Å². The second-order valence-electron chi connectivity index (χ2n) is 7.19. The highest BCUT2D eigenvalue weighted by Gasteiger charge is 2.18. The Kier molecular flexibility index (Phi) is 5.81. The van der Waals surface area contributed by atoms with E-state index in [-0.39, 0.29) is 0 Å². The minimum Gasteiger partial charge on any atom is -0.451 e. The van der Waals surface area contributed by atoms with E-state index >= 15 is 0 Å². The summed E-state index contributed by atoms with van der Waals surface area (Å²) >= 11 is 1.28. The van der Waals surface area contributed by atoms with Crippen LogP contribution >= 0.6 is 11.3 Å². The van der Waals surface area contributed by atoms with Crippen molar-refractivity contribution in [3.8, 4) is 0 Å². The number of benzene rings is 2. The number of carbonyl (C=O) groups is 2. The van der Waals surface area contributed by atoms with Crippen molar-refractivity contribution in [2.24, 2.45) is 0 Å². The van der Waals surface area contributed by atoms with E-state index in [1.165, 1.54) is 35.1 Å². The summed E-state index contributed by atoms with van der Waals surface area (Å²) in [5, 5.41) is 7.95. The number of rotatable bonds is 6. The zero-order valence-corrected chi connectivity index (χ0v) is 17.8. The molecule has 6 nitrogen and oxygen atoms in total. The molecule has 2 aromatic heterocycles. The molecule has 0 atom stereocenters. The Labute approximate surface area is 182 Å². The minimum atomic E-state index is -0.586. The number of anilines is 1. The largest absolute Gasteiger partial charge is 0.451 e. The molecule has 0 aliphatic carbocycles. The summed E-state index contributed by atoms with van der Waals surface area (Å²) in [6.07, 6.45) is 0. The Morgan fingerprint density at radius 2 is 1.90 bits per heavy atom. The molecule has 2 heterocycles. The molecule has 0 saturated heterocycles. The zero-order chi connectivity index (χ0) is 22.0. The molecule has 4 rings (SSSR count). The summed E-state index contributed by atoms with van der Waals surface area (Å²) in [5.41, 5.74) is 3.42. The molecule has 0 bridgehead atoms. The Morgan fingerprint density at radius 3 is 2.65 bits per heavy atom. The van der Waals surface area contributed by atoms with Crippen LogP contribution in [-0.2, 0) is 16.1 Å². The van der Waals surface area contributed by atoms with Crippen molar-refractivity contribution >= 4 is 39.1 Å². The van der Waals surface area contributed by atoms with Crippen molar-refractivity contribution in [1.82, 2.24) is 9.78 Å². The Hall–Kier alpha value is -3.52. The van der Waals surface area contributed by atoms with Crippen LogP contribution in [0.1, 0.15) is 26.5 Å². The maximum atomic E-state index is 13.2. The van der Waals surface area contributed by atoms with E-state index in [0.717, 1.165) is 21.5 Å². The molecule has 0 aliphatic heterocycles. The summed E-state index contributed by atoms with van der Waals surface area (Å²) in [6, 6.07) is 15.4. The van der Waals surface area contributed by atoms with Crippen LogP contribution in [0.3, 0.4) is 0 Å². The predicted molar refractivity (Wildman–Crippen MR) is 118 cm³/mol. The van der Waals surface area contributed by atoms with E-state index in [0.29, 0.717) is 17.1 Å². The summed E-state index contributed by atoms with van der Waals surface area (Å²) in [6.45, 7) is 4.06. The number of hydrogen-bond donors (Lipinski definition) is 1. The van der Waals surface area contributed by atoms with Crippen molar-refractivity contribution in [2.75, 3.05) is 11.9 Å². The Bertz CT molecular complexity index is 1260. The maximum absolute atomic E-state index is 13.2. The molecule has 0 radical (unpaired) electrons. The van der Waals surface area contributed by atoms with Gasteiger partial charge in [0, 0.05) is 11.1 Å². The van der Waals surface area contributed by atoms with Gasteiger partial charge >= 0.3 is 5.97 Å². The third-order valence-electron chi connectivity index (χ3n) is 4.70. The van der Waals surface area contributed by atoms with E-state index in [1.54, 1.807) is 12.1 Å². The monoisotopic (exact) mass is 437 g/mol. The third kappa shape index (κ3) is 4.80. The van der Waals surface area contributed by atoms with Gasteiger partial charge in [-0.2, -0.15) is 5.10 Å². The lowest BCUT2D eigenvalue weighted by Crippen LogP contribution is -2.20. The van der Waals surface area contributed by atoms with Gasteiger partial charge < -0.3 is 10.1 Å². The first-order valence-corrected chi connectivity index (χ1v) is 10.5. The van der Waals surface area contributed by atoms with Crippen molar-refractivity contribution in [3.63, 3.8) is 0 Å². The molecule has 0 fully saturated rings. The lowest BCUT2D eigenvalue weighted by molar-refractivity contribution is -0.119. The zero-order valence-electron chi connectivity index (χ0n) is 17.0. The summed E-state index contributed by atoms with van der Waals surface area (Å²) in [5.74, 6) is -1.59. The normalized spacial score (nSPS) is 10.9. The molecule has 8 heteroatoms. The fourth-order valence-corrected chi connectivity index (χ4v) is 4.21. The van der Waals surface area contributed by atoms with Crippen LogP contribution in [0.2, 0.25) is 0 Å². The van der Waals surface area contributed by atoms with E-state index in [1.807, 2.05) is 18.5 Å². The summed E-state index contributed by atoms with van der Waals surface area (Å²) in [4.78, 5) is 25.7. The number of hydrogen-bond acceptors (Lipinski definition) is 5. The quantitative estimate of drug-likeness (QED) is 0.444. The molecule has 158 valence electrons. The number of halogens is 1. The van der Waals surface area contributed by atoms with E-state index in [2.05, 4.69) is 34.7 Å². The van der Waals surface area contributed by atoms with Gasteiger partial charge in [0.05, 0.1) is 12.2 Å². The van der Waals surface area contributed by atoms with Gasteiger partial charge in [0.25, 0.3) is 5.91 Å². The van der Waals surface area contributed by atoms with Gasteiger partial charge in [-0.3, -0.25) is 9.48 Å². The highest BCUT2D eigenvalue weighted by atomic mass is 32.1. The van der Waals surface area contributed by atoms with Gasteiger partial charge in [-0.05, 0) is 43.7 Å². The van der Waals surface area contributed by atoms with Crippen LogP contribution in [0.25, 0.3) is 10.2 Å². The van der Waals surface area contributed by atoms with Crippen LogP contribution < -0.4 is 5.32 Å². The number of aromatic nitrogens is 2. The second-order valence-corrected chi connectivity index (χ2v) is 8.22. The first-order chi connectivity index (χ1) is 14.9. The van der Waals surface area contributed by atoms with Crippen molar-refractivity contribution < 1.29 is 18.7 Å². The fraction of sp³-hybridized carbons (Fsp3) is 0.174. The molecule has 1 N–H and O–H groups in total. The van der Waals surface area contributed by atoms with E-state index in [9.17, 15) is 14.0 Å². The standard InChI is InChI=1S/C23H20FN3O3S/c1-14-6-8-16(9-7-14)12-27-22-19(15(2)26-27)11-20(31-22)23(29)30-13-21(28)25-18-5-3-4-17(24)10-18/h3-11H,12-13H2,1-2H3,(H,25,28). The van der Waals surface area contributed by atoms with Gasteiger partial charge in [-0.25, -0.2) is 9.18 Å². The van der Waals surface area contributed by atoms with Gasteiger partial charge in [0.1, 0.15) is 15.5 Å². The van der Waals surface area contributed by atoms with Crippen molar-refractivity contribution in [3.05, 3.63) is 82.1 Å². The van der Waals surface area contributed by atoms with E-state index in [4.69, 9.17) is 4.74 Å². The van der Waals surface area contributed by atoms with Crippen LogP contribution in [0, 0.1) is 19.7 Å². The molecule has 0 spiro atoms. The number of nitrogens with one attached hydrogen (secondary N) is 1. The number of esters is 1. The Balaban J connectivity index is 1.43. The predicted octanol–water partition coefficient (Wildman–Crippen LogP) is 4.70. The van der Waals surface area contributed by atoms with E-state index < -0.39 is 24.3 Å². The lowest BCUT2D eigenvalue weighted by atomic mass is 10.1. The lowest BCUT2D eigenvalue weighted by Gasteiger charge is -2.06. The van der Waals surface area contributed by atoms with Gasteiger partial charge in [-0.15, -0.1) is 11.3 Å². The topological polar surface area (TPSA) is 73.2 Å². The van der Waals surface area contributed by atoms with Crippen molar-refractivity contribution in [1.29, 1.82) is 0 Å². The minimum absolute atomic E-state index is 0.301. The van der Waals surface area contributed by atoms with Crippen LogP contribution in [0.4, 0.5) is 10.1 Å². The summed E-state index contributed by atoms with van der Waals surface area (Å²) < 4.78 is 20.2. The molecule has 1 amide bonds. The average Bonchev–Trinajstić information content (AvgIpc) is 3.29. The highest BCUT2D eigenvalue weighted by molar-refractivity contribution is 7.20.